The fourth-order valence-electron chi connectivity index (χ4n) is 1.90. The Bertz CT molecular complexity index is 586. The van der Waals surface area contributed by atoms with Crippen LogP contribution in [0.4, 0.5) is 10.1 Å². The predicted octanol–water partition coefficient (Wildman–Crippen LogP) is 3.56. The number of hydrogen-bond donors (Lipinski definition) is 2. The number of nitrogen functional groups attached to an aromatic ring is 1. The molecule has 2 aromatic carbocycles. The SMILES string of the molecule is Cc1cc(F)ccc1C(O)c1cc(Br)ccc1N. The molecule has 0 saturated carbocycles. The lowest BCUT2D eigenvalue weighted by molar-refractivity contribution is 0.220. The number of anilines is 1. The van der Waals surface area contributed by atoms with Gasteiger partial charge in [0.1, 0.15) is 11.9 Å². The molecule has 94 valence electrons. The highest BCUT2D eigenvalue weighted by Crippen LogP contribution is 2.31. The van der Waals surface area contributed by atoms with E-state index in [1.54, 1.807) is 25.1 Å². The van der Waals surface area contributed by atoms with Gasteiger partial charge in [-0.15, -0.1) is 0 Å². The van der Waals surface area contributed by atoms with Gasteiger partial charge in [0.05, 0.1) is 0 Å². The summed E-state index contributed by atoms with van der Waals surface area (Å²) in [5.74, 6) is -0.314. The molecule has 0 spiro atoms. The molecule has 0 fully saturated rings. The van der Waals surface area contributed by atoms with Crippen molar-refractivity contribution in [3.05, 3.63) is 63.4 Å². The van der Waals surface area contributed by atoms with Crippen LogP contribution in [0.5, 0.6) is 0 Å². The second-order valence-corrected chi connectivity index (χ2v) is 5.09. The predicted molar refractivity (Wildman–Crippen MR) is 73.8 cm³/mol. The molecule has 0 bridgehead atoms. The molecule has 0 aliphatic carbocycles. The van der Waals surface area contributed by atoms with Crippen LogP contribution in [0, 0.1) is 12.7 Å². The minimum absolute atomic E-state index is 0.314. The molecule has 0 aliphatic heterocycles. The Balaban J connectivity index is 2.47. The van der Waals surface area contributed by atoms with Crippen molar-refractivity contribution in [3.8, 4) is 0 Å². The molecule has 0 saturated heterocycles. The van der Waals surface area contributed by atoms with E-state index < -0.39 is 6.10 Å². The third kappa shape index (κ3) is 2.54. The highest BCUT2D eigenvalue weighted by atomic mass is 79.9. The monoisotopic (exact) mass is 309 g/mol. The molecule has 18 heavy (non-hydrogen) atoms. The molecule has 0 aromatic heterocycles. The highest BCUT2D eigenvalue weighted by Gasteiger charge is 2.16. The Morgan fingerprint density at radius 3 is 2.56 bits per heavy atom. The van der Waals surface area contributed by atoms with Crippen molar-refractivity contribution >= 4 is 21.6 Å². The lowest BCUT2D eigenvalue weighted by Crippen LogP contribution is -2.05. The van der Waals surface area contributed by atoms with Gasteiger partial charge in [-0.1, -0.05) is 22.0 Å². The summed E-state index contributed by atoms with van der Waals surface area (Å²) in [6, 6.07) is 9.61. The molecule has 2 rings (SSSR count). The fraction of sp³-hybridized carbons (Fsp3) is 0.143. The first-order chi connectivity index (χ1) is 8.49. The minimum Gasteiger partial charge on any atom is -0.398 e. The van der Waals surface area contributed by atoms with E-state index in [-0.39, 0.29) is 5.82 Å². The van der Waals surface area contributed by atoms with Gasteiger partial charge in [-0.2, -0.15) is 0 Å². The third-order valence-electron chi connectivity index (χ3n) is 2.87. The topological polar surface area (TPSA) is 46.2 Å². The molecular formula is C14H13BrFNO. The number of rotatable bonds is 2. The van der Waals surface area contributed by atoms with Gasteiger partial charge < -0.3 is 10.8 Å². The summed E-state index contributed by atoms with van der Waals surface area (Å²) in [6.07, 6.45) is -0.858. The molecule has 0 aliphatic rings. The van der Waals surface area contributed by atoms with Crippen LogP contribution in [0.25, 0.3) is 0 Å². The summed E-state index contributed by atoms with van der Waals surface area (Å²) in [7, 11) is 0. The number of halogens is 2. The number of aliphatic hydroxyl groups excluding tert-OH is 1. The second kappa shape index (κ2) is 5.08. The zero-order valence-electron chi connectivity index (χ0n) is 9.82. The fourth-order valence-corrected chi connectivity index (χ4v) is 2.27. The number of nitrogens with two attached hydrogens (primary N) is 1. The van der Waals surface area contributed by atoms with E-state index in [9.17, 15) is 9.50 Å². The number of aliphatic hydroxyl groups is 1. The van der Waals surface area contributed by atoms with E-state index in [4.69, 9.17) is 5.73 Å². The normalized spacial score (nSPS) is 12.4. The van der Waals surface area contributed by atoms with Crippen molar-refractivity contribution < 1.29 is 9.50 Å². The average Bonchev–Trinajstić information content (AvgIpc) is 2.31. The van der Waals surface area contributed by atoms with E-state index in [1.165, 1.54) is 12.1 Å². The lowest BCUT2D eigenvalue weighted by atomic mass is 9.96. The zero-order valence-corrected chi connectivity index (χ0v) is 11.4. The Kier molecular flexibility index (Phi) is 3.68. The molecule has 4 heteroatoms. The molecule has 0 heterocycles. The van der Waals surface area contributed by atoms with Crippen molar-refractivity contribution in [2.75, 3.05) is 5.73 Å². The van der Waals surface area contributed by atoms with Gasteiger partial charge in [0.25, 0.3) is 0 Å². The molecular weight excluding hydrogens is 297 g/mol. The van der Waals surface area contributed by atoms with Gasteiger partial charge in [0, 0.05) is 15.7 Å². The summed E-state index contributed by atoms with van der Waals surface area (Å²) in [5.41, 5.74) is 8.32. The number of benzene rings is 2. The van der Waals surface area contributed by atoms with Crippen LogP contribution in [-0.2, 0) is 0 Å². The minimum atomic E-state index is -0.858. The summed E-state index contributed by atoms with van der Waals surface area (Å²) in [5, 5.41) is 10.3. The van der Waals surface area contributed by atoms with Crippen LogP contribution in [0.3, 0.4) is 0 Å². The van der Waals surface area contributed by atoms with Gasteiger partial charge in [-0.3, -0.25) is 0 Å². The van der Waals surface area contributed by atoms with Crippen LogP contribution < -0.4 is 5.73 Å². The maximum Gasteiger partial charge on any atom is 0.123 e. The Labute approximate surface area is 113 Å². The first-order valence-electron chi connectivity index (χ1n) is 5.48. The highest BCUT2D eigenvalue weighted by molar-refractivity contribution is 9.10. The third-order valence-corrected chi connectivity index (χ3v) is 3.36. The summed E-state index contributed by atoms with van der Waals surface area (Å²) >= 11 is 3.34. The summed E-state index contributed by atoms with van der Waals surface area (Å²) in [6.45, 7) is 1.76. The van der Waals surface area contributed by atoms with Crippen LogP contribution in [-0.4, -0.2) is 5.11 Å². The van der Waals surface area contributed by atoms with E-state index in [0.717, 1.165) is 4.47 Å². The van der Waals surface area contributed by atoms with Gasteiger partial charge in [0.15, 0.2) is 0 Å². The molecule has 0 amide bonds. The quantitative estimate of drug-likeness (QED) is 0.833. The Hall–Kier alpha value is -1.39. The maximum absolute atomic E-state index is 13.0. The van der Waals surface area contributed by atoms with E-state index in [0.29, 0.717) is 22.4 Å². The van der Waals surface area contributed by atoms with Crippen molar-refractivity contribution in [2.45, 2.75) is 13.0 Å². The summed E-state index contributed by atoms with van der Waals surface area (Å²) in [4.78, 5) is 0. The summed E-state index contributed by atoms with van der Waals surface area (Å²) < 4.78 is 13.9. The van der Waals surface area contributed by atoms with E-state index >= 15 is 0 Å². The van der Waals surface area contributed by atoms with Crippen LogP contribution in [0.2, 0.25) is 0 Å². The van der Waals surface area contributed by atoms with Crippen molar-refractivity contribution in [1.82, 2.24) is 0 Å². The number of aryl methyl sites for hydroxylation is 1. The molecule has 1 atom stereocenters. The van der Waals surface area contributed by atoms with Crippen LogP contribution in [0.1, 0.15) is 22.8 Å². The van der Waals surface area contributed by atoms with Crippen LogP contribution >= 0.6 is 15.9 Å². The van der Waals surface area contributed by atoms with Gasteiger partial charge in [-0.25, -0.2) is 4.39 Å². The first kappa shape index (κ1) is 13.1. The average molecular weight is 310 g/mol. The smallest absolute Gasteiger partial charge is 0.123 e. The van der Waals surface area contributed by atoms with Crippen molar-refractivity contribution in [3.63, 3.8) is 0 Å². The second-order valence-electron chi connectivity index (χ2n) is 4.18. The van der Waals surface area contributed by atoms with Crippen molar-refractivity contribution in [1.29, 1.82) is 0 Å². The van der Waals surface area contributed by atoms with E-state index in [1.807, 2.05) is 6.07 Å². The molecule has 3 N–H and O–H groups in total. The standard InChI is InChI=1S/C14H13BrFNO/c1-8-6-10(16)3-4-11(8)14(18)12-7-9(15)2-5-13(12)17/h2-7,14,18H,17H2,1H3. The molecule has 0 radical (unpaired) electrons. The van der Waals surface area contributed by atoms with Gasteiger partial charge >= 0.3 is 0 Å². The van der Waals surface area contributed by atoms with Crippen molar-refractivity contribution in [2.24, 2.45) is 0 Å². The largest absolute Gasteiger partial charge is 0.398 e. The maximum atomic E-state index is 13.0. The first-order valence-corrected chi connectivity index (χ1v) is 6.27. The Morgan fingerprint density at radius 2 is 1.89 bits per heavy atom. The van der Waals surface area contributed by atoms with Gasteiger partial charge in [-0.05, 0) is 48.4 Å². The van der Waals surface area contributed by atoms with Crippen LogP contribution in [0.15, 0.2) is 40.9 Å². The molecule has 2 nitrogen and oxygen atoms in total. The lowest BCUT2D eigenvalue weighted by Gasteiger charge is -2.16. The zero-order chi connectivity index (χ0) is 13.3. The number of hydrogen-bond acceptors (Lipinski definition) is 2. The Morgan fingerprint density at radius 1 is 1.17 bits per heavy atom. The molecule has 2 aromatic rings. The van der Waals surface area contributed by atoms with E-state index in [2.05, 4.69) is 15.9 Å². The molecule has 1 unspecified atom stereocenters. The van der Waals surface area contributed by atoms with Gasteiger partial charge in [0.2, 0.25) is 0 Å².